The van der Waals surface area contributed by atoms with Crippen molar-refractivity contribution in [1.82, 2.24) is 5.32 Å². The number of nitrogens with zero attached hydrogens (tertiary/aromatic N) is 1. The molecule has 2 unspecified atom stereocenters. The maximum absolute atomic E-state index is 13.0. The van der Waals surface area contributed by atoms with Gasteiger partial charge in [-0.05, 0) is 11.6 Å². The number of morpholine rings is 1. The molecule has 1 N–H and O–H groups in total. The van der Waals surface area contributed by atoms with E-state index in [1.807, 2.05) is 12.1 Å². The Morgan fingerprint density at radius 1 is 1.40 bits per heavy atom. The minimum atomic E-state index is -1.16. The van der Waals surface area contributed by atoms with Crippen LogP contribution in [0.1, 0.15) is 17.2 Å². The van der Waals surface area contributed by atoms with E-state index in [2.05, 4.69) is 11.4 Å². The summed E-state index contributed by atoms with van der Waals surface area (Å²) in [5.41, 5.74) is 1.36. The van der Waals surface area contributed by atoms with E-state index in [1.165, 1.54) is 0 Å². The highest BCUT2D eigenvalue weighted by atomic mass is 19.1. The standard InChI is InChI=1S/C11H11FN2O/c12-11-7-15-6-10(14-11)9-4-2-1-3-8(9)5-13/h1-4,10-11,14H,6-7H2. The summed E-state index contributed by atoms with van der Waals surface area (Å²) in [5, 5.41) is 11.7. The normalized spacial score (nSPS) is 25.9. The van der Waals surface area contributed by atoms with Gasteiger partial charge in [-0.25, -0.2) is 4.39 Å². The van der Waals surface area contributed by atoms with Crippen molar-refractivity contribution in [3.63, 3.8) is 0 Å². The van der Waals surface area contributed by atoms with Gasteiger partial charge < -0.3 is 4.74 Å². The predicted molar refractivity (Wildman–Crippen MR) is 52.7 cm³/mol. The molecular weight excluding hydrogens is 195 g/mol. The summed E-state index contributed by atoms with van der Waals surface area (Å²) in [7, 11) is 0. The molecule has 1 aliphatic rings. The molecule has 1 saturated heterocycles. The van der Waals surface area contributed by atoms with Crippen LogP contribution in [0.2, 0.25) is 0 Å². The minimum absolute atomic E-state index is 0.0746. The highest BCUT2D eigenvalue weighted by Crippen LogP contribution is 2.21. The largest absolute Gasteiger partial charge is 0.375 e. The lowest BCUT2D eigenvalue weighted by atomic mass is 10.0. The summed E-state index contributed by atoms with van der Waals surface area (Å²) in [4.78, 5) is 0. The second kappa shape index (κ2) is 4.39. The Hall–Kier alpha value is -1.44. The van der Waals surface area contributed by atoms with Gasteiger partial charge in [0.1, 0.15) is 0 Å². The fourth-order valence-electron chi connectivity index (χ4n) is 1.69. The van der Waals surface area contributed by atoms with Crippen molar-refractivity contribution >= 4 is 0 Å². The molecule has 0 radical (unpaired) electrons. The van der Waals surface area contributed by atoms with Gasteiger partial charge in [0.05, 0.1) is 30.9 Å². The molecule has 0 spiro atoms. The predicted octanol–water partition coefficient (Wildman–Crippen LogP) is 1.51. The molecule has 3 nitrogen and oxygen atoms in total. The average molecular weight is 206 g/mol. The molecule has 1 aromatic rings. The van der Waals surface area contributed by atoms with Crippen LogP contribution in [0.5, 0.6) is 0 Å². The zero-order valence-corrected chi connectivity index (χ0v) is 8.11. The first-order valence-electron chi connectivity index (χ1n) is 4.78. The van der Waals surface area contributed by atoms with Crippen LogP contribution in [0.15, 0.2) is 24.3 Å². The molecule has 1 aromatic carbocycles. The number of ether oxygens (including phenoxy) is 1. The van der Waals surface area contributed by atoms with Crippen molar-refractivity contribution in [2.75, 3.05) is 13.2 Å². The van der Waals surface area contributed by atoms with Crippen LogP contribution in [0.3, 0.4) is 0 Å². The molecule has 1 heterocycles. The van der Waals surface area contributed by atoms with Gasteiger partial charge in [0, 0.05) is 0 Å². The maximum Gasteiger partial charge on any atom is 0.175 e. The minimum Gasteiger partial charge on any atom is -0.375 e. The van der Waals surface area contributed by atoms with E-state index < -0.39 is 6.30 Å². The van der Waals surface area contributed by atoms with Crippen molar-refractivity contribution in [3.05, 3.63) is 35.4 Å². The maximum atomic E-state index is 13.0. The molecule has 2 rings (SSSR count). The molecule has 78 valence electrons. The van der Waals surface area contributed by atoms with E-state index in [1.54, 1.807) is 12.1 Å². The van der Waals surface area contributed by atoms with Crippen LogP contribution in [0.4, 0.5) is 4.39 Å². The summed E-state index contributed by atoms with van der Waals surface area (Å²) in [6, 6.07) is 9.02. The van der Waals surface area contributed by atoms with Crippen LogP contribution in [-0.2, 0) is 4.74 Å². The van der Waals surface area contributed by atoms with E-state index in [9.17, 15) is 4.39 Å². The number of hydrogen-bond donors (Lipinski definition) is 1. The fourth-order valence-corrected chi connectivity index (χ4v) is 1.69. The van der Waals surface area contributed by atoms with E-state index in [0.29, 0.717) is 12.2 Å². The highest BCUT2D eigenvalue weighted by Gasteiger charge is 2.23. The molecule has 0 saturated carbocycles. The van der Waals surface area contributed by atoms with Gasteiger partial charge in [0.25, 0.3) is 0 Å². The number of rotatable bonds is 1. The van der Waals surface area contributed by atoms with E-state index in [4.69, 9.17) is 10.00 Å². The highest BCUT2D eigenvalue weighted by molar-refractivity contribution is 5.39. The van der Waals surface area contributed by atoms with Crippen LogP contribution in [0, 0.1) is 11.3 Å². The van der Waals surface area contributed by atoms with Crippen LogP contribution >= 0.6 is 0 Å². The van der Waals surface area contributed by atoms with Gasteiger partial charge in [0.15, 0.2) is 6.30 Å². The number of hydrogen-bond acceptors (Lipinski definition) is 3. The zero-order chi connectivity index (χ0) is 10.7. The Morgan fingerprint density at radius 3 is 2.93 bits per heavy atom. The molecule has 4 heteroatoms. The van der Waals surface area contributed by atoms with E-state index in [-0.39, 0.29) is 12.6 Å². The van der Waals surface area contributed by atoms with Crippen LogP contribution < -0.4 is 5.32 Å². The summed E-state index contributed by atoms with van der Waals surface area (Å²) in [5.74, 6) is 0. The number of nitrogens with one attached hydrogen (secondary N) is 1. The number of halogens is 1. The van der Waals surface area contributed by atoms with Crippen LogP contribution in [0.25, 0.3) is 0 Å². The van der Waals surface area contributed by atoms with E-state index in [0.717, 1.165) is 5.56 Å². The third-order valence-electron chi connectivity index (χ3n) is 2.39. The Kier molecular flexibility index (Phi) is 2.95. The first-order valence-corrected chi connectivity index (χ1v) is 4.78. The quantitative estimate of drug-likeness (QED) is 0.708. The average Bonchev–Trinajstić information content (AvgIpc) is 2.29. The second-order valence-corrected chi connectivity index (χ2v) is 3.42. The van der Waals surface area contributed by atoms with Gasteiger partial charge >= 0.3 is 0 Å². The first-order chi connectivity index (χ1) is 7.31. The van der Waals surface area contributed by atoms with Gasteiger partial charge in [-0.2, -0.15) is 5.26 Å². The lowest BCUT2D eigenvalue weighted by Gasteiger charge is -2.27. The lowest BCUT2D eigenvalue weighted by molar-refractivity contribution is 0.0000651. The zero-order valence-electron chi connectivity index (χ0n) is 8.11. The summed E-state index contributed by atoms with van der Waals surface area (Å²) < 4.78 is 18.1. The van der Waals surface area contributed by atoms with Crippen molar-refractivity contribution in [1.29, 1.82) is 5.26 Å². The number of benzene rings is 1. The lowest BCUT2D eigenvalue weighted by Crippen LogP contribution is -2.41. The molecule has 2 atom stereocenters. The summed E-state index contributed by atoms with van der Waals surface area (Å²) in [6.07, 6.45) is -1.16. The van der Waals surface area contributed by atoms with Crippen molar-refractivity contribution in [2.24, 2.45) is 0 Å². The fraction of sp³-hybridized carbons (Fsp3) is 0.364. The molecule has 1 fully saturated rings. The molecule has 15 heavy (non-hydrogen) atoms. The van der Waals surface area contributed by atoms with Crippen molar-refractivity contribution in [3.8, 4) is 6.07 Å². The molecule has 0 aliphatic carbocycles. The Balaban J connectivity index is 2.25. The summed E-state index contributed by atoms with van der Waals surface area (Å²) in [6.45, 7) is 0.477. The summed E-state index contributed by atoms with van der Waals surface area (Å²) >= 11 is 0. The van der Waals surface area contributed by atoms with Crippen molar-refractivity contribution in [2.45, 2.75) is 12.3 Å². The second-order valence-electron chi connectivity index (χ2n) is 3.42. The first kappa shape index (κ1) is 10.1. The smallest absolute Gasteiger partial charge is 0.175 e. The topological polar surface area (TPSA) is 45.0 Å². The molecular formula is C11H11FN2O. The Morgan fingerprint density at radius 2 is 2.20 bits per heavy atom. The van der Waals surface area contributed by atoms with E-state index >= 15 is 0 Å². The Labute approximate surface area is 87.5 Å². The van der Waals surface area contributed by atoms with Gasteiger partial charge in [0.2, 0.25) is 0 Å². The van der Waals surface area contributed by atoms with Gasteiger partial charge in [-0.15, -0.1) is 0 Å². The Bertz CT molecular complexity index is 388. The monoisotopic (exact) mass is 206 g/mol. The third kappa shape index (κ3) is 2.14. The molecule has 0 aromatic heterocycles. The van der Waals surface area contributed by atoms with Crippen LogP contribution in [-0.4, -0.2) is 19.5 Å². The van der Waals surface area contributed by atoms with Gasteiger partial charge in [-0.3, -0.25) is 5.32 Å². The molecule has 1 aliphatic heterocycles. The van der Waals surface area contributed by atoms with Crippen molar-refractivity contribution < 1.29 is 9.13 Å². The molecule has 0 bridgehead atoms. The number of alkyl halides is 1. The molecule has 0 amide bonds. The third-order valence-corrected chi connectivity index (χ3v) is 2.39. The number of nitriles is 1. The SMILES string of the molecule is N#Cc1ccccc1C1COCC(F)N1. The van der Waals surface area contributed by atoms with Gasteiger partial charge in [-0.1, -0.05) is 18.2 Å².